The fourth-order valence-corrected chi connectivity index (χ4v) is 2.97. The molecule has 0 radical (unpaired) electrons. The van der Waals surface area contributed by atoms with E-state index in [0.29, 0.717) is 31.7 Å². The lowest BCUT2D eigenvalue weighted by molar-refractivity contribution is -0.154. The molecule has 0 N–H and O–H groups in total. The Labute approximate surface area is 160 Å². The standard InChI is InChI=1S/C19H20F3N3O3/c1-27-16-5-3-2-4-15(16)24-8-10-25(11-9-24)18(26)14-6-7-17(23-12-14)28-13-19(20,21)22/h2-7,12H,8-11,13H2,1H3. The van der Waals surface area contributed by atoms with Gasteiger partial charge < -0.3 is 19.3 Å². The van der Waals surface area contributed by atoms with Gasteiger partial charge in [0.2, 0.25) is 5.88 Å². The SMILES string of the molecule is COc1ccccc1N1CCN(C(=O)c2ccc(OCC(F)(F)F)nc2)CC1. The molecule has 0 saturated carbocycles. The van der Waals surface area contributed by atoms with Crippen molar-refractivity contribution in [2.45, 2.75) is 6.18 Å². The van der Waals surface area contributed by atoms with Gasteiger partial charge in [-0.05, 0) is 18.2 Å². The quantitative estimate of drug-likeness (QED) is 0.779. The highest BCUT2D eigenvalue weighted by molar-refractivity contribution is 5.94. The molecule has 6 nitrogen and oxygen atoms in total. The molecule has 1 aromatic heterocycles. The largest absolute Gasteiger partial charge is 0.495 e. The van der Waals surface area contributed by atoms with Crippen molar-refractivity contribution in [2.24, 2.45) is 0 Å². The normalized spacial score (nSPS) is 14.7. The maximum Gasteiger partial charge on any atom is 0.422 e. The molecule has 150 valence electrons. The van der Waals surface area contributed by atoms with E-state index in [9.17, 15) is 18.0 Å². The summed E-state index contributed by atoms with van der Waals surface area (Å²) in [5, 5.41) is 0. The lowest BCUT2D eigenvalue weighted by Crippen LogP contribution is -2.48. The third-order valence-corrected chi connectivity index (χ3v) is 4.36. The van der Waals surface area contributed by atoms with E-state index < -0.39 is 12.8 Å². The molecule has 1 fully saturated rings. The van der Waals surface area contributed by atoms with Gasteiger partial charge in [0.25, 0.3) is 5.91 Å². The second kappa shape index (κ2) is 8.37. The van der Waals surface area contributed by atoms with Crippen molar-refractivity contribution in [1.29, 1.82) is 0 Å². The molecule has 1 amide bonds. The first-order valence-corrected chi connectivity index (χ1v) is 8.70. The summed E-state index contributed by atoms with van der Waals surface area (Å²) in [5.41, 5.74) is 1.29. The summed E-state index contributed by atoms with van der Waals surface area (Å²) >= 11 is 0. The highest BCUT2D eigenvalue weighted by atomic mass is 19.4. The number of piperazine rings is 1. The van der Waals surface area contributed by atoms with Gasteiger partial charge in [0.05, 0.1) is 18.4 Å². The van der Waals surface area contributed by atoms with E-state index in [1.54, 1.807) is 12.0 Å². The number of amides is 1. The third kappa shape index (κ3) is 4.85. The Hall–Kier alpha value is -2.97. The number of benzene rings is 1. The first-order valence-electron chi connectivity index (χ1n) is 8.70. The molecular weight excluding hydrogens is 375 g/mol. The molecule has 2 heterocycles. The van der Waals surface area contributed by atoms with E-state index in [-0.39, 0.29) is 11.8 Å². The number of pyridine rings is 1. The van der Waals surface area contributed by atoms with Gasteiger partial charge in [0.1, 0.15) is 5.75 Å². The average Bonchev–Trinajstić information content (AvgIpc) is 2.71. The van der Waals surface area contributed by atoms with Gasteiger partial charge in [0.15, 0.2) is 6.61 Å². The van der Waals surface area contributed by atoms with Crippen LogP contribution in [0.1, 0.15) is 10.4 Å². The molecule has 0 aliphatic carbocycles. The zero-order valence-corrected chi connectivity index (χ0v) is 15.3. The summed E-state index contributed by atoms with van der Waals surface area (Å²) in [4.78, 5) is 20.2. The molecule has 0 atom stereocenters. The Kier molecular flexibility index (Phi) is 5.91. The lowest BCUT2D eigenvalue weighted by atomic mass is 10.2. The molecule has 0 unspecified atom stereocenters. The first kappa shape index (κ1) is 19.8. The van der Waals surface area contributed by atoms with Crippen LogP contribution < -0.4 is 14.4 Å². The predicted molar refractivity (Wildman–Crippen MR) is 96.9 cm³/mol. The summed E-state index contributed by atoms with van der Waals surface area (Å²) in [6.45, 7) is 0.906. The summed E-state index contributed by atoms with van der Waals surface area (Å²) < 4.78 is 46.4. The second-order valence-corrected chi connectivity index (χ2v) is 6.24. The van der Waals surface area contributed by atoms with E-state index in [1.807, 2.05) is 24.3 Å². The van der Waals surface area contributed by atoms with Gasteiger partial charge in [-0.25, -0.2) is 4.98 Å². The number of hydrogen-bond donors (Lipinski definition) is 0. The van der Waals surface area contributed by atoms with Crippen molar-refractivity contribution in [1.82, 2.24) is 9.88 Å². The molecule has 2 aromatic rings. The zero-order chi connectivity index (χ0) is 20.1. The number of carbonyl (C=O) groups is 1. The Morgan fingerprint density at radius 1 is 1.11 bits per heavy atom. The summed E-state index contributed by atoms with van der Waals surface area (Å²) in [7, 11) is 1.62. The van der Waals surface area contributed by atoms with Crippen LogP contribution in [-0.4, -0.2) is 61.9 Å². The highest BCUT2D eigenvalue weighted by Gasteiger charge is 2.29. The minimum Gasteiger partial charge on any atom is -0.495 e. The van der Waals surface area contributed by atoms with Crippen molar-refractivity contribution >= 4 is 11.6 Å². The average molecular weight is 395 g/mol. The second-order valence-electron chi connectivity index (χ2n) is 6.24. The number of ether oxygens (including phenoxy) is 2. The third-order valence-electron chi connectivity index (χ3n) is 4.36. The van der Waals surface area contributed by atoms with Gasteiger partial charge in [-0.2, -0.15) is 13.2 Å². The Morgan fingerprint density at radius 3 is 2.43 bits per heavy atom. The zero-order valence-electron chi connectivity index (χ0n) is 15.3. The molecule has 1 aliphatic rings. The lowest BCUT2D eigenvalue weighted by Gasteiger charge is -2.36. The molecule has 0 spiro atoms. The van der Waals surface area contributed by atoms with Crippen LogP contribution in [0.25, 0.3) is 0 Å². The maximum atomic E-state index is 12.6. The number of aromatic nitrogens is 1. The summed E-state index contributed by atoms with van der Waals surface area (Å²) in [6.07, 6.45) is -3.20. The Morgan fingerprint density at radius 2 is 1.82 bits per heavy atom. The molecule has 1 aromatic carbocycles. The Balaban J connectivity index is 1.58. The van der Waals surface area contributed by atoms with Crippen LogP contribution in [0.15, 0.2) is 42.6 Å². The van der Waals surface area contributed by atoms with Crippen LogP contribution in [0.3, 0.4) is 0 Å². The van der Waals surface area contributed by atoms with E-state index in [4.69, 9.17) is 4.74 Å². The van der Waals surface area contributed by atoms with Gasteiger partial charge in [0, 0.05) is 38.4 Å². The molecular formula is C19H20F3N3O3. The van der Waals surface area contributed by atoms with Crippen molar-refractivity contribution < 1.29 is 27.4 Å². The topological polar surface area (TPSA) is 54.9 Å². The summed E-state index contributed by atoms with van der Waals surface area (Å²) in [5.74, 6) is 0.394. The molecule has 9 heteroatoms. The number of methoxy groups -OCH3 is 1. The summed E-state index contributed by atoms with van der Waals surface area (Å²) in [6, 6.07) is 10.4. The fraction of sp³-hybridized carbons (Fsp3) is 0.368. The van der Waals surface area contributed by atoms with E-state index >= 15 is 0 Å². The number of nitrogens with zero attached hydrogens (tertiary/aromatic N) is 3. The number of alkyl halides is 3. The molecule has 28 heavy (non-hydrogen) atoms. The number of rotatable bonds is 5. The van der Waals surface area contributed by atoms with Crippen LogP contribution in [-0.2, 0) is 0 Å². The first-order chi connectivity index (χ1) is 13.4. The number of para-hydroxylation sites is 2. The molecule has 3 rings (SSSR count). The minimum absolute atomic E-state index is 0.171. The molecule has 1 saturated heterocycles. The van der Waals surface area contributed by atoms with Crippen molar-refractivity contribution in [3.8, 4) is 11.6 Å². The van der Waals surface area contributed by atoms with Crippen LogP contribution >= 0.6 is 0 Å². The number of carbonyl (C=O) groups excluding carboxylic acids is 1. The maximum absolute atomic E-state index is 12.6. The molecule has 1 aliphatic heterocycles. The van der Waals surface area contributed by atoms with Crippen LogP contribution in [0, 0.1) is 0 Å². The smallest absolute Gasteiger partial charge is 0.422 e. The highest BCUT2D eigenvalue weighted by Crippen LogP contribution is 2.28. The van der Waals surface area contributed by atoms with Crippen LogP contribution in [0.4, 0.5) is 18.9 Å². The number of hydrogen-bond acceptors (Lipinski definition) is 5. The van der Waals surface area contributed by atoms with Crippen LogP contribution in [0.5, 0.6) is 11.6 Å². The van der Waals surface area contributed by atoms with Crippen molar-refractivity contribution in [2.75, 3.05) is 44.8 Å². The van der Waals surface area contributed by atoms with E-state index in [0.717, 1.165) is 11.4 Å². The minimum atomic E-state index is -4.43. The number of anilines is 1. The van der Waals surface area contributed by atoms with Crippen molar-refractivity contribution in [3.05, 3.63) is 48.2 Å². The van der Waals surface area contributed by atoms with Crippen molar-refractivity contribution in [3.63, 3.8) is 0 Å². The van der Waals surface area contributed by atoms with Gasteiger partial charge in [-0.3, -0.25) is 4.79 Å². The predicted octanol–water partition coefficient (Wildman–Crippen LogP) is 2.99. The number of halogens is 3. The van der Waals surface area contributed by atoms with Crippen LogP contribution in [0.2, 0.25) is 0 Å². The molecule has 0 bridgehead atoms. The van der Waals surface area contributed by atoms with E-state index in [1.165, 1.54) is 18.3 Å². The Bertz CT molecular complexity index is 804. The fourth-order valence-electron chi connectivity index (χ4n) is 2.97. The van der Waals surface area contributed by atoms with Gasteiger partial charge in [-0.15, -0.1) is 0 Å². The van der Waals surface area contributed by atoms with E-state index in [2.05, 4.69) is 14.6 Å². The van der Waals surface area contributed by atoms with Gasteiger partial charge >= 0.3 is 6.18 Å². The van der Waals surface area contributed by atoms with Gasteiger partial charge in [-0.1, -0.05) is 12.1 Å². The monoisotopic (exact) mass is 395 g/mol.